The zero-order valence-corrected chi connectivity index (χ0v) is 12.7. The van der Waals surface area contributed by atoms with Crippen LogP contribution in [-0.2, 0) is 13.2 Å². The van der Waals surface area contributed by atoms with Crippen molar-refractivity contribution in [1.29, 1.82) is 0 Å². The topological polar surface area (TPSA) is 34.1 Å². The lowest BCUT2D eigenvalue weighted by atomic mass is 10.1. The zero-order valence-electron chi connectivity index (χ0n) is 12.7. The minimum Gasteiger partial charge on any atom is -0.487 e. The molecule has 0 atom stereocenters. The molecule has 1 aromatic carbocycles. The molecule has 112 valence electrons. The zero-order chi connectivity index (χ0) is 15.3. The van der Waals surface area contributed by atoms with Gasteiger partial charge in [0.1, 0.15) is 18.2 Å². The van der Waals surface area contributed by atoms with E-state index in [1.54, 1.807) is 12.3 Å². The van der Waals surface area contributed by atoms with Crippen molar-refractivity contribution < 1.29 is 9.13 Å². The number of benzene rings is 1. The van der Waals surface area contributed by atoms with Gasteiger partial charge in [-0.3, -0.25) is 4.98 Å². The molecule has 2 aromatic rings. The highest BCUT2D eigenvalue weighted by Gasteiger charge is 2.12. The van der Waals surface area contributed by atoms with E-state index in [9.17, 15) is 4.39 Å². The maximum absolute atomic E-state index is 13.4. The lowest BCUT2D eigenvalue weighted by Crippen LogP contribution is -2.35. The van der Waals surface area contributed by atoms with Gasteiger partial charge in [0.05, 0.1) is 5.69 Å². The van der Waals surface area contributed by atoms with Crippen LogP contribution in [0.15, 0.2) is 42.6 Å². The fraction of sp³-hybridized carbons (Fsp3) is 0.353. The third-order valence-corrected chi connectivity index (χ3v) is 2.93. The second-order valence-corrected chi connectivity index (χ2v) is 5.97. The van der Waals surface area contributed by atoms with E-state index in [2.05, 4.69) is 31.1 Å². The van der Waals surface area contributed by atoms with Crippen molar-refractivity contribution in [3.8, 4) is 5.75 Å². The van der Waals surface area contributed by atoms with Crippen LogP contribution in [0.1, 0.15) is 32.0 Å². The van der Waals surface area contributed by atoms with Gasteiger partial charge in [-0.05, 0) is 51.1 Å². The molecule has 2 rings (SSSR count). The van der Waals surface area contributed by atoms with Gasteiger partial charge in [-0.1, -0.05) is 6.07 Å². The van der Waals surface area contributed by atoms with E-state index < -0.39 is 0 Å². The number of hydrogen-bond donors (Lipinski definition) is 1. The predicted octanol–water partition coefficient (Wildman–Crippen LogP) is 3.69. The highest BCUT2D eigenvalue weighted by molar-refractivity contribution is 5.34. The Balaban J connectivity index is 2.07. The van der Waals surface area contributed by atoms with Crippen molar-refractivity contribution in [1.82, 2.24) is 10.3 Å². The molecule has 0 amide bonds. The summed E-state index contributed by atoms with van der Waals surface area (Å²) in [5.41, 5.74) is 1.61. The first-order valence-electron chi connectivity index (χ1n) is 7.00. The van der Waals surface area contributed by atoms with Crippen LogP contribution in [-0.4, -0.2) is 10.5 Å². The molecule has 0 saturated carbocycles. The Labute approximate surface area is 125 Å². The van der Waals surface area contributed by atoms with Gasteiger partial charge in [-0.15, -0.1) is 0 Å². The van der Waals surface area contributed by atoms with Gasteiger partial charge in [-0.25, -0.2) is 4.39 Å². The molecule has 0 aliphatic rings. The third-order valence-electron chi connectivity index (χ3n) is 2.93. The van der Waals surface area contributed by atoms with Gasteiger partial charge in [0.2, 0.25) is 0 Å². The number of halogens is 1. The Kier molecular flexibility index (Phi) is 4.91. The first-order valence-corrected chi connectivity index (χ1v) is 7.00. The number of pyridine rings is 1. The second-order valence-electron chi connectivity index (χ2n) is 5.97. The molecular formula is C17H21FN2O. The molecular weight excluding hydrogens is 267 g/mol. The lowest BCUT2D eigenvalue weighted by Gasteiger charge is -2.21. The van der Waals surface area contributed by atoms with Crippen LogP contribution >= 0.6 is 0 Å². The van der Waals surface area contributed by atoms with E-state index >= 15 is 0 Å². The van der Waals surface area contributed by atoms with E-state index in [0.29, 0.717) is 18.9 Å². The minimum absolute atomic E-state index is 0.0371. The molecule has 1 aromatic heterocycles. The van der Waals surface area contributed by atoms with Crippen molar-refractivity contribution in [2.75, 3.05) is 0 Å². The molecule has 0 bridgehead atoms. The Morgan fingerprint density at radius 3 is 2.67 bits per heavy atom. The largest absolute Gasteiger partial charge is 0.487 e. The Hall–Kier alpha value is -1.94. The molecule has 21 heavy (non-hydrogen) atoms. The van der Waals surface area contributed by atoms with Gasteiger partial charge in [0.15, 0.2) is 0 Å². The average Bonchev–Trinajstić information content (AvgIpc) is 2.44. The maximum Gasteiger partial charge on any atom is 0.130 e. The summed E-state index contributed by atoms with van der Waals surface area (Å²) in [6.45, 7) is 7.13. The molecule has 3 nitrogen and oxygen atoms in total. The van der Waals surface area contributed by atoms with Crippen LogP contribution in [0.25, 0.3) is 0 Å². The Morgan fingerprint density at radius 1 is 1.19 bits per heavy atom. The first-order chi connectivity index (χ1) is 9.94. The smallest absolute Gasteiger partial charge is 0.130 e. The van der Waals surface area contributed by atoms with E-state index in [0.717, 1.165) is 11.3 Å². The summed E-state index contributed by atoms with van der Waals surface area (Å²) < 4.78 is 19.2. The fourth-order valence-corrected chi connectivity index (χ4v) is 1.82. The quantitative estimate of drug-likeness (QED) is 0.911. The van der Waals surface area contributed by atoms with Crippen molar-refractivity contribution in [2.45, 2.75) is 39.5 Å². The summed E-state index contributed by atoms with van der Waals surface area (Å²) in [6.07, 6.45) is 1.73. The van der Waals surface area contributed by atoms with Crippen LogP contribution in [0.3, 0.4) is 0 Å². The van der Waals surface area contributed by atoms with Gasteiger partial charge in [0.25, 0.3) is 0 Å². The summed E-state index contributed by atoms with van der Waals surface area (Å²) in [5, 5.41) is 3.34. The number of rotatable bonds is 5. The monoisotopic (exact) mass is 288 g/mol. The van der Waals surface area contributed by atoms with Crippen molar-refractivity contribution in [3.63, 3.8) is 0 Å². The molecule has 1 N–H and O–H groups in total. The Morgan fingerprint density at radius 2 is 2.00 bits per heavy atom. The van der Waals surface area contributed by atoms with E-state index in [1.165, 1.54) is 12.1 Å². The van der Waals surface area contributed by atoms with Crippen LogP contribution in [0.5, 0.6) is 5.75 Å². The molecule has 0 spiro atoms. The van der Waals surface area contributed by atoms with Gasteiger partial charge >= 0.3 is 0 Å². The number of ether oxygens (including phenoxy) is 1. The first kappa shape index (κ1) is 15.4. The number of hydrogen-bond acceptors (Lipinski definition) is 3. The number of nitrogens with zero attached hydrogens (tertiary/aromatic N) is 1. The van der Waals surface area contributed by atoms with Crippen molar-refractivity contribution in [2.24, 2.45) is 0 Å². The van der Waals surface area contributed by atoms with Gasteiger partial charge in [-0.2, -0.15) is 0 Å². The fourth-order valence-electron chi connectivity index (χ4n) is 1.82. The summed E-state index contributed by atoms with van der Waals surface area (Å²) in [5.74, 6) is 0.421. The second kappa shape index (κ2) is 6.68. The van der Waals surface area contributed by atoms with Crippen molar-refractivity contribution in [3.05, 3.63) is 59.7 Å². The summed E-state index contributed by atoms with van der Waals surface area (Å²) in [4.78, 5) is 4.21. The standard InChI is InChI=1S/C17H21FN2O/c1-17(2,3)20-11-13-10-14(18)7-8-16(13)21-12-15-6-4-5-9-19-15/h4-10,20H,11-12H2,1-3H3. The van der Waals surface area contributed by atoms with Gasteiger partial charge < -0.3 is 10.1 Å². The van der Waals surface area contributed by atoms with E-state index in [-0.39, 0.29) is 11.4 Å². The average molecular weight is 288 g/mol. The lowest BCUT2D eigenvalue weighted by molar-refractivity contribution is 0.295. The molecule has 1 heterocycles. The van der Waals surface area contributed by atoms with E-state index in [4.69, 9.17) is 4.74 Å². The molecule has 0 radical (unpaired) electrons. The Bertz CT molecular complexity index is 579. The highest BCUT2D eigenvalue weighted by Crippen LogP contribution is 2.21. The molecule has 0 fully saturated rings. The SMILES string of the molecule is CC(C)(C)NCc1cc(F)ccc1OCc1ccccn1. The molecule has 0 saturated heterocycles. The van der Waals surface area contributed by atoms with Crippen LogP contribution < -0.4 is 10.1 Å². The molecule has 4 heteroatoms. The van der Waals surface area contributed by atoms with Crippen LogP contribution in [0, 0.1) is 5.82 Å². The molecule has 0 aliphatic carbocycles. The molecule has 0 aliphatic heterocycles. The van der Waals surface area contributed by atoms with Crippen molar-refractivity contribution >= 4 is 0 Å². The normalized spacial score (nSPS) is 11.4. The highest BCUT2D eigenvalue weighted by atomic mass is 19.1. The summed E-state index contributed by atoms with van der Waals surface area (Å²) in [6, 6.07) is 10.3. The van der Waals surface area contributed by atoms with Crippen LogP contribution in [0.4, 0.5) is 4.39 Å². The minimum atomic E-state index is -0.258. The van der Waals surface area contributed by atoms with Crippen LogP contribution in [0.2, 0.25) is 0 Å². The third kappa shape index (κ3) is 5.16. The molecule has 0 unspecified atom stereocenters. The summed E-state index contributed by atoms with van der Waals surface area (Å²) in [7, 11) is 0. The number of aromatic nitrogens is 1. The number of nitrogens with one attached hydrogen (secondary N) is 1. The predicted molar refractivity (Wildman–Crippen MR) is 81.6 cm³/mol. The van der Waals surface area contributed by atoms with Gasteiger partial charge in [0, 0.05) is 23.8 Å². The summed E-state index contributed by atoms with van der Waals surface area (Å²) >= 11 is 0. The van der Waals surface area contributed by atoms with E-state index in [1.807, 2.05) is 18.2 Å². The maximum atomic E-state index is 13.4.